The molecule has 0 fully saturated rings. The van der Waals surface area contributed by atoms with Gasteiger partial charge in [0, 0.05) is 18.8 Å². The summed E-state index contributed by atoms with van der Waals surface area (Å²) in [7, 11) is 0. The highest BCUT2D eigenvalue weighted by Gasteiger charge is 2.34. The molecule has 0 radical (unpaired) electrons. The summed E-state index contributed by atoms with van der Waals surface area (Å²) in [5.41, 5.74) is 4.49. The summed E-state index contributed by atoms with van der Waals surface area (Å²) in [4.78, 5) is 101. The number of carboxylic acid groups (broad SMARTS) is 2. The van der Waals surface area contributed by atoms with E-state index >= 15 is 0 Å². The Labute approximate surface area is 324 Å². The van der Waals surface area contributed by atoms with Crippen LogP contribution in [0, 0.1) is 5.92 Å². The maximum Gasteiger partial charge on any atom is 0.326 e. The van der Waals surface area contributed by atoms with Crippen molar-refractivity contribution < 1.29 is 53.7 Å². The second-order valence-corrected chi connectivity index (χ2v) is 14.3. The average Bonchev–Trinajstić information content (AvgIpc) is 3.45. The molecule has 0 unspecified atom stereocenters. The number of aliphatic carboxylic acids is 2. The van der Waals surface area contributed by atoms with Crippen LogP contribution in [0.25, 0.3) is 11.1 Å². The van der Waals surface area contributed by atoms with Crippen LogP contribution in [0.5, 0.6) is 0 Å². The van der Waals surface area contributed by atoms with Crippen molar-refractivity contribution in [2.45, 2.75) is 115 Å². The lowest BCUT2D eigenvalue weighted by atomic mass is 9.92. The number of nitrogens with one attached hydrogen (secondary N) is 6. The van der Waals surface area contributed by atoms with Crippen molar-refractivity contribution in [3.63, 3.8) is 0 Å². The van der Waals surface area contributed by atoms with Gasteiger partial charge in [-0.25, -0.2) is 4.79 Å². The molecule has 9 N–H and O–H groups in total. The van der Waals surface area contributed by atoms with E-state index in [-0.39, 0.29) is 18.2 Å². The molecule has 0 spiro atoms. The molecule has 17 heteroatoms. The number of hydrogen-bond acceptors (Lipinski definition) is 9. The summed E-state index contributed by atoms with van der Waals surface area (Å²) in [6, 6.07) is 7.96. The van der Waals surface area contributed by atoms with E-state index in [1.165, 1.54) is 27.7 Å². The minimum Gasteiger partial charge on any atom is -0.481 e. The van der Waals surface area contributed by atoms with Gasteiger partial charge in [0.15, 0.2) is 0 Å². The van der Waals surface area contributed by atoms with Gasteiger partial charge in [-0.15, -0.1) is 0 Å². The molecule has 304 valence electrons. The van der Waals surface area contributed by atoms with Gasteiger partial charge >= 0.3 is 11.9 Å². The second-order valence-electron chi connectivity index (χ2n) is 14.3. The van der Waals surface area contributed by atoms with Crippen LogP contribution in [-0.2, 0) is 38.4 Å². The van der Waals surface area contributed by atoms with Gasteiger partial charge in [-0.2, -0.15) is 0 Å². The molecular formula is C39H52N6O11. The van der Waals surface area contributed by atoms with Crippen LogP contribution in [0.15, 0.2) is 48.5 Å². The Hall–Kier alpha value is -5.84. The van der Waals surface area contributed by atoms with E-state index in [0.29, 0.717) is 6.42 Å². The molecule has 0 heterocycles. The lowest BCUT2D eigenvalue weighted by Crippen LogP contribution is -2.61. The zero-order valence-electron chi connectivity index (χ0n) is 32.3. The van der Waals surface area contributed by atoms with Crippen LogP contribution in [-0.4, -0.2) is 105 Å². The molecule has 56 heavy (non-hydrogen) atoms. The summed E-state index contributed by atoms with van der Waals surface area (Å²) >= 11 is 0. The van der Waals surface area contributed by atoms with Crippen LogP contribution in [0.3, 0.4) is 0 Å². The maximum atomic E-state index is 13.3. The highest BCUT2D eigenvalue weighted by molar-refractivity contribution is 5.97. The van der Waals surface area contributed by atoms with Crippen molar-refractivity contribution in [2.75, 3.05) is 0 Å². The minimum atomic E-state index is -1.68. The number of rotatable bonds is 20. The first-order chi connectivity index (χ1) is 26.3. The highest BCUT2D eigenvalue weighted by Crippen LogP contribution is 2.46. The zero-order valence-corrected chi connectivity index (χ0v) is 32.3. The van der Waals surface area contributed by atoms with Gasteiger partial charge in [-0.1, -0.05) is 62.4 Å². The Morgan fingerprint density at radius 1 is 0.571 bits per heavy atom. The third kappa shape index (κ3) is 12.1. The van der Waals surface area contributed by atoms with Crippen LogP contribution < -0.4 is 31.9 Å². The van der Waals surface area contributed by atoms with E-state index < -0.39 is 103 Å². The molecule has 0 bridgehead atoms. The first-order valence-electron chi connectivity index (χ1n) is 18.4. The molecule has 3 rings (SSSR count). The lowest BCUT2D eigenvalue weighted by Gasteiger charge is -2.27. The number of carbonyl (C=O) groups is 8. The Morgan fingerprint density at radius 3 is 1.54 bits per heavy atom. The van der Waals surface area contributed by atoms with Gasteiger partial charge in [0.25, 0.3) is 0 Å². The molecule has 0 aromatic heterocycles. The van der Waals surface area contributed by atoms with Gasteiger partial charge in [0.2, 0.25) is 35.4 Å². The van der Waals surface area contributed by atoms with Gasteiger partial charge in [-0.05, 0) is 68.7 Å². The van der Waals surface area contributed by atoms with Gasteiger partial charge in [-0.3, -0.25) is 33.6 Å². The number of carboxylic acids is 2. The summed E-state index contributed by atoms with van der Waals surface area (Å²) in [5, 5.41) is 43.2. The fourth-order valence-electron chi connectivity index (χ4n) is 6.28. The Morgan fingerprint density at radius 2 is 1.04 bits per heavy atom. The second kappa shape index (κ2) is 20.2. The number of benzene rings is 2. The molecule has 0 aliphatic heterocycles. The molecule has 2 aromatic carbocycles. The molecular weight excluding hydrogens is 728 g/mol. The summed E-state index contributed by atoms with van der Waals surface area (Å²) in [6.45, 7) is 8.35. The van der Waals surface area contributed by atoms with Crippen LogP contribution in [0.1, 0.15) is 84.3 Å². The monoisotopic (exact) mass is 780 g/mol. The van der Waals surface area contributed by atoms with Crippen LogP contribution in [0.2, 0.25) is 0 Å². The summed E-state index contributed by atoms with van der Waals surface area (Å²) in [6.07, 6.45) is -1.92. The summed E-state index contributed by atoms with van der Waals surface area (Å²) < 4.78 is 0. The van der Waals surface area contributed by atoms with Crippen molar-refractivity contribution >= 4 is 47.4 Å². The molecule has 6 amide bonds. The third-order valence-corrected chi connectivity index (χ3v) is 9.47. The quantitative estimate of drug-likeness (QED) is 0.0895. The molecule has 1 aliphatic rings. The Balaban J connectivity index is 1.57. The number of fused-ring (bicyclic) bond motifs is 3. The number of amides is 6. The predicted octanol–water partition coefficient (Wildman–Crippen LogP) is 0.534. The third-order valence-electron chi connectivity index (χ3n) is 9.47. The topological polar surface area (TPSA) is 269 Å². The van der Waals surface area contributed by atoms with Gasteiger partial charge in [0.05, 0.1) is 6.10 Å². The van der Waals surface area contributed by atoms with E-state index in [2.05, 4.69) is 31.9 Å². The fourth-order valence-corrected chi connectivity index (χ4v) is 6.28. The highest BCUT2D eigenvalue weighted by atomic mass is 16.4. The zero-order chi connectivity index (χ0) is 41.9. The summed E-state index contributed by atoms with van der Waals surface area (Å²) in [5.74, 6) is -7.91. The predicted molar refractivity (Wildman–Crippen MR) is 203 cm³/mol. The maximum absolute atomic E-state index is 13.3. The molecule has 0 saturated carbocycles. The van der Waals surface area contributed by atoms with Gasteiger partial charge in [0.1, 0.15) is 36.3 Å². The first kappa shape index (κ1) is 44.6. The average molecular weight is 781 g/mol. The number of aliphatic hydroxyl groups excluding tert-OH is 1. The van der Waals surface area contributed by atoms with E-state index in [1.807, 2.05) is 48.5 Å². The van der Waals surface area contributed by atoms with Crippen molar-refractivity contribution in [1.29, 1.82) is 0 Å². The van der Waals surface area contributed by atoms with Gasteiger partial charge < -0.3 is 47.2 Å². The molecule has 0 saturated heterocycles. The number of hydrogen-bond donors (Lipinski definition) is 9. The van der Waals surface area contributed by atoms with Crippen molar-refractivity contribution in [2.24, 2.45) is 5.92 Å². The van der Waals surface area contributed by atoms with Crippen LogP contribution in [0.4, 0.5) is 0 Å². The van der Waals surface area contributed by atoms with E-state index in [4.69, 9.17) is 0 Å². The molecule has 7 atom stereocenters. The molecule has 1 aliphatic carbocycles. The SMILES string of the molecule is CC(C)[C@H](NC(=O)[C@H](C)NC(=O)[C@@H](NC(=O)[C@H](CCC(=O)O)NC(=O)[C@H](C)NC(=O)[C@H](C)NC(=O)CCC1c2ccccc2-c2ccccc21)[C@@H](C)O)C(=O)O. The van der Waals surface area contributed by atoms with Crippen molar-refractivity contribution in [1.82, 2.24) is 31.9 Å². The number of aliphatic hydroxyl groups is 1. The smallest absolute Gasteiger partial charge is 0.326 e. The number of carbonyl (C=O) groups excluding carboxylic acids is 6. The molecule has 17 nitrogen and oxygen atoms in total. The fraction of sp³-hybridized carbons (Fsp3) is 0.487. The lowest BCUT2D eigenvalue weighted by molar-refractivity contribution is -0.143. The Bertz CT molecular complexity index is 1750. The molecule has 2 aromatic rings. The Kier molecular flexibility index (Phi) is 16.1. The normalized spacial score (nSPS) is 15.6. The van der Waals surface area contributed by atoms with E-state index in [9.17, 15) is 53.7 Å². The van der Waals surface area contributed by atoms with Crippen molar-refractivity contribution in [3.05, 3.63) is 59.7 Å². The largest absolute Gasteiger partial charge is 0.481 e. The van der Waals surface area contributed by atoms with E-state index in [0.717, 1.165) is 22.3 Å². The van der Waals surface area contributed by atoms with Crippen LogP contribution >= 0.6 is 0 Å². The standard InChI is InChI=1S/C39H52N6O11/c1-19(2)32(39(55)56)44-36(52)22(5)42-38(54)33(23(6)46)45-37(53)29(16-18-31(48)49)43-35(51)21(4)41-34(50)20(3)40-30(47)17-15-28-26-13-9-7-11-24(26)25-12-8-10-14-27(25)28/h7-14,19-23,28-29,32-33,46H,15-18H2,1-6H3,(H,40,47)(H,41,50)(H,42,54)(H,43,51)(H,44,52)(H,45,53)(H,48,49)(H,55,56)/t20-,21-,22-,23+,29-,32-,33-/m0/s1. The first-order valence-corrected chi connectivity index (χ1v) is 18.4. The minimum absolute atomic E-state index is 0.00992. The van der Waals surface area contributed by atoms with Crippen molar-refractivity contribution in [3.8, 4) is 11.1 Å². The van der Waals surface area contributed by atoms with E-state index in [1.54, 1.807) is 13.8 Å².